The SMILES string of the molecule is O=S(=O)(c1ccc(Cl)s1)N1CCOC(c2ccccc2F)C1. The molecular weight excluding hydrogens is 349 g/mol. The van der Waals surface area contributed by atoms with E-state index in [4.69, 9.17) is 16.3 Å². The minimum Gasteiger partial charge on any atom is -0.371 e. The zero-order valence-electron chi connectivity index (χ0n) is 11.4. The van der Waals surface area contributed by atoms with Gasteiger partial charge < -0.3 is 4.74 Å². The zero-order valence-corrected chi connectivity index (χ0v) is 13.8. The van der Waals surface area contributed by atoms with Crippen LogP contribution in [0, 0.1) is 5.82 Å². The number of thiophene rings is 1. The molecule has 0 saturated carbocycles. The largest absolute Gasteiger partial charge is 0.371 e. The topological polar surface area (TPSA) is 46.6 Å². The Labute approximate surface area is 137 Å². The summed E-state index contributed by atoms with van der Waals surface area (Å²) >= 11 is 6.82. The van der Waals surface area contributed by atoms with Crippen molar-refractivity contribution in [3.05, 3.63) is 52.1 Å². The first kappa shape index (κ1) is 15.9. The van der Waals surface area contributed by atoms with Gasteiger partial charge in [0.1, 0.15) is 10.0 Å². The van der Waals surface area contributed by atoms with Crippen molar-refractivity contribution in [2.45, 2.75) is 10.3 Å². The van der Waals surface area contributed by atoms with Crippen molar-refractivity contribution in [2.24, 2.45) is 0 Å². The van der Waals surface area contributed by atoms with Gasteiger partial charge in [0, 0.05) is 18.7 Å². The fraction of sp³-hybridized carbons (Fsp3) is 0.286. The summed E-state index contributed by atoms with van der Waals surface area (Å²) in [5.41, 5.74) is 0.367. The number of hydrogen-bond acceptors (Lipinski definition) is 4. The zero-order chi connectivity index (χ0) is 15.7. The first-order valence-corrected chi connectivity index (χ1v) is 9.23. The Hall–Kier alpha value is -0.990. The van der Waals surface area contributed by atoms with Crippen molar-refractivity contribution < 1.29 is 17.5 Å². The van der Waals surface area contributed by atoms with Crippen molar-refractivity contribution >= 4 is 33.0 Å². The Kier molecular flexibility index (Phi) is 4.52. The third-order valence-electron chi connectivity index (χ3n) is 3.42. The smallest absolute Gasteiger partial charge is 0.252 e. The Morgan fingerprint density at radius 2 is 2.05 bits per heavy atom. The van der Waals surface area contributed by atoms with E-state index in [0.717, 1.165) is 11.3 Å². The highest BCUT2D eigenvalue weighted by molar-refractivity contribution is 7.91. The average molecular weight is 362 g/mol. The van der Waals surface area contributed by atoms with Gasteiger partial charge in [-0.05, 0) is 18.2 Å². The van der Waals surface area contributed by atoms with Crippen LogP contribution in [0.3, 0.4) is 0 Å². The molecule has 0 bridgehead atoms. The molecule has 0 N–H and O–H groups in total. The minimum atomic E-state index is -3.63. The van der Waals surface area contributed by atoms with E-state index in [1.165, 1.54) is 16.4 Å². The number of halogens is 2. The number of benzene rings is 1. The van der Waals surface area contributed by atoms with Gasteiger partial charge in [0.15, 0.2) is 0 Å². The molecule has 1 unspecified atom stereocenters. The summed E-state index contributed by atoms with van der Waals surface area (Å²) < 4.78 is 46.5. The Balaban J connectivity index is 1.86. The Morgan fingerprint density at radius 1 is 1.27 bits per heavy atom. The second-order valence-corrected chi connectivity index (χ2v) is 8.68. The molecule has 1 aliphatic heterocycles. The van der Waals surface area contributed by atoms with Crippen molar-refractivity contribution in [3.63, 3.8) is 0 Å². The first-order chi connectivity index (χ1) is 10.5. The Bertz CT molecular complexity index is 778. The molecule has 0 spiro atoms. The molecular formula is C14H13ClFNO3S2. The molecule has 0 aliphatic carbocycles. The number of rotatable bonds is 3. The molecule has 1 atom stereocenters. The summed E-state index contributed by atoms with van der Waals surface area (Å²) in [6.45, 7) is 0.541. The van der Waals surface area contributed by atoms with E-state index in [-0.39, 0.29) is 23.9 Å². The summed E-state index contributed by atoms with van der Waals surface area (Å²) in [5, 5.41) is 0. The van der Waals surface area contributed by atoms with E-state index in [1.54, 1.807) is 24.3 Å². The molecule has 2 aromatic rings. The first-order valence-electron chi connectivity index (χ1n) is 6.60. The summed E-state index contributed by atoms with van der Waals surface area (Å²) in [7, 11) is -3.63. The standard InChI is InChI=1S/C14H13ClFNO3S2/c15-13-5-6-14(21-13)22(18,19)17-7-8-20-12(9-17)10-3-1-2-4-11(10)16/h1-6,12H,7-9H2. The van der Waals surface area contributed by atoms with Crippen LogP contribution in [-0.2, 0) is 14.8 Å². The molecule has 118 valence electrons. The molecule has 0 amide bonds. The molecule has 0 radical (unpaired) electrons. The summed E-state index contributed by atoms with van der Waals surface area (Å²) in [6, 6.07) is 9.27. The summed E-state index contributed by atoms with van der Waals surface area (Å²) in [5.74, 6) is -0.397. The van der Waals surface area contributed by atoms with Crippen LogP contribution >= 0.6 is 22.9 Å². The highest BCUT2D eigenvalue weighted by Gasteiger charge is 2.33. The van der Waals surface area contributed by atoms with Crippen LogP contribution in [-0.4, -0.2) is 32.4 Å². The predicted octanol–water partition coefficient (Wildman–Crippen LogP) is 3.30. The molecule has 1 aliphatic rings. The van der Waals surface area contributed by atoms with Crippen molar-refractivity contribution in [3.8, 4) is 0 Å². The van der Waals surface area contributed by atoms with Gasteiger partial charge in [0.25, 0.3) is 10.0 Å². The average Bonchev–Trinajstić information content (AvgIpc) is 2.95. The van der Waals surface area contributed by atoms with E-state index in [0.29, 0.717) is 9.90 Å². The molecule has 1 aromatic carbocycles. The second kappa shape index (κ2) is 6.25. The number of sulfonamides is 1. The monoisotopic (exact) mass is 361 g/mol. The van der Waals surface area contributed by atoms with Gasteiger partial charge in [0.05, 0.1) is 17.0 Å². The summed E-state index contributed by atoms with van der Waals surface area (Å²) in [4.78, 5) is 0. The normalized spacial score (nSPS) is 20.2. The molecule has 8 heteroatoms. The van der Waals surface area contributed by atoms with E-state index in [9.17, 15) is 12.8 Å². The molecule has 1 fully saturated rings. The maximum Gasteiger partial charge on any atom is 0.252 e. The van der Waals surface area contributed by atoms with E-state index in [2.05, 4.69) is 0 Å². The van der Waals surface area contributed by atoms with Crippen LogP contribution < -0.4 is 0 Å². The number of morpholine rings is 1. The molecule has 22 heavy (non-hydrogen) atoms. The van der Waals surface area contributed by atoms with Gasteiger partial charge >= 0.3 is 0 Å². The van der Waals surface area contributed by atoms with Crippen LogP contribution in [0.4, 0.5) is 4.39 Å². The molecule has 4 nitrogen and oxygen atoms in total. The van der Waals surface area contributed by atoms with Gasteiger partial charge in [0.2, 0.25) is 0 Å². The third kappa shape index (κ3) is 3.04. The van der Waals surface area contributed by atoms with Gasteiger partial charge in [-0.15, -0.1) is 11.3 Å². The predicted molar refractivity (Wildman–Crippen MR) is 83.2 cm³/mol. The van der Waals surface area contributed by atoms with Crippen LogP contribution in [0.15, 0.2) is 40.6 Å². The van der Waals surface area contributed by atoms with Crippen LogP contribution in [0.5, 0.6) is 0 Å². The van der Waals surface area contributed by atoms with Crippen molar-refractivity contribution in [1.29, 1.82) is 0 Å². The highest BCUT2D eigenvalue weighted by atomic mass is 35.5. The quantitative estimate of drug-likeness (QED) is 0.842. The molecule has 1 saturated heterocycles. The van der Waals surface area contributed by atoms with Crippen molar-refractivity contribution in [2.75, 3.05) is 19.7 Å². The van der Waals surface area contributed by atoms with Gasteiger partial charge in [-0.25, -0.2) is 12.8 Å². The fourth-order valence-electron chi connectivity index (χ4n) is 2.33. The van der Waals surface area contributed by atoms with Crippen LogP contribution in [0.2, 0.25) is 4.34 Å². The van der Waals surface area contributed by atoms with Gasteiger partial charge in [-0.2, -0.15) is 4.31 Å². The van der Waals surface area contributed by atoms with Crippen LogP contribution in [0.25, 0.3) is 0 Å². The van der Waals surface area contributed by atoms with E-state index < -0.39 is 21.9 Å². The third-order valence-corrected chi connectivity index (χ3v) is 6.99. The van der Waals surface area contributed by atoms with E-state index in [1.807, 2.05) is 0 Å². The van der Waals surface area contributed by atoms with Gasteiger partial charge in [-0.3, -0.25) is 0 Å². The second-order valence-electron chi connectivity index (χ2n) is 4.80. The lowest BCUT2D eigenvalue weighted by atomic mass is 10.1. The molecule has 2 heterocycles. The fourth-order valence-corrected chi connectivity index (χ4v) is 5.39. The number of nitrogens with zero attached hydrogens (tertiary/aromatic N) is 1. The summed E-state index contributed by atoms with van der Waals surface area (Å²) in [6.07, 6.45) is -0.611. The number of ether oxygens (including phenoxy) is 1. The lowest BCUT2D eigenvalue weighted by molar-refractivity contribution is -0.00437. The molecule has 1 aromatic heterocycles. The molecule has 3 rings (SSSR count). The van der Waals surface area contributed by atoms with Crippen molar-refractivity contribution in [1.82, 2.24) is 4.31 Å². The Morgan fingerprint density at radius 3 is 2.73 bits per heavy atom. The van der Waals surface area contributed by atoms with Gasteiger partial charge in [-0.1, -0.05) is 29.8 Å². The lowest BCUT2D eigenvalue weighted by Gasteiger charge is -2.32. The minimum absolute atomic E-state index is 0.0821. The maximum atomic E-state index is 13.9. The maximum absolute atomic E-state index is 13.9. The van der Waals surface area contributed by atoms with E-state index >= 15 is 0 Å². The lowest BCUT2D eigenvalue weighted by Crippen LogP contribution is -2.42. The number of hydrogen-bond donors (Lipinski definition) is 0. The highest BCUT2D eigenvalue weighted by Crippen LogP contribution is 2.31. The van der Waals surface area contributed by atoms with Crippen LogP contribution in [0.1, 0.15) is 11.7 Å².